The van der Waals surface area contributed by atoms with E-state index >= 15 is 0 Å². The Morgan fingerprint density at radius 1 is 1.39 bits per heavy atom. The van der Waals surface area contributed by atoms with Gasteiger partial charge in [0.15, 0.2) is 17.3 Å². The number of Topliss-reactive ketones (excluding diaryl/α,β-unsaturated/α-hetero) is 1. The van der Waals surface area contributed by atoms with Crippen molar-refractivity contribution in [2.75, 3.05) is 7.11 Å². The molecule has 0 heterocycles. The molecule has 2 rings (SSSR count). The van der Waals surface area contributed by atoms with Crippen LogP contribution in [0.2, 0.25) is 0 Å². The Balaban J connectivity index is 2.07. The van der Waals surface area contributed by atoms with Crippen LogP contribution < -0.4 is 4.74 Å². The van der Waals surface area contributed by atoms with Gasteiger partial charge < -0.3 is 4.74 Å². The van der Waals surface area contributed by atoms with Crippen molar-refractivity contribution < 1.29 is 13.9 Å². The Morgan fingerprint density at radius 2 is 2.22 bits per heavy atom. The zero-order chi connectivity index (χ0) is 13.0. The van der Waals surface area contributed by atoms with Gasteiger partial charge in [-0.15, -0.1) is 0 Å². The van der Waals surface area contributed by atoms with Crippen LogP contribution in [-0.2, 0) is 11.2 Å². The third kappa shape index (κ3) is 2.97. The molecule has 1 aliphatic rings. The average molecular weight is 248 g/mol. The molecule has 0 unspecified atom stereocenters. The molecule has 0 saturated carbocycles. The SMILES string of the molecule is COc1ccc(CC(=O)C2=CCCCC2)cc1F. The molecule has 0 bridgehead atoms. The number of rotatable bonds is 4. The van der Waals surface area contributed by atoms with Crippen molar-refractivity contribution in [2.45, 2.75) is 32.1 Å². The maximum Gasteiger partial charge on any atom is 0.165 e. The second kappa shape index (κ2) is 5.80. The first-order valence-electron chi connectivity index (χ1n) is 6.25. The van der Waals surface area contributed by atoms with E-state index in [1.54, 1.807) is 12.1 Å². The predicted molar refractivity (Wildman–Crippen MR) is 68.2 cm³/mol. The van der Waals surface area contributed by atoms with Crippen molar-refractivity contribution in [3.8, 4) is 5.75 Å². The molecule has 3 heteroatoms. The zero-order valence-electron chi connectivity index (χ0n) is 10.5. The van der Waals surface area contributed by atoms with Gasteiger partial charge in [0.25, 0.3) is 0 Å². The van der Waals surface area contributed by atoms with Crippen LogP contribution in [0.5, 0.6) is 5.75 Å². The number of hydrogen-bond donors (Lipinski definition) is 0. The van der Waals surface area contributed by atoms with Gasteiger partial charge in [0.2, 0.25) is 0 Å². The summed E-state index contributed by atoms with van der Waals surface area (Å²) in [5.74, 6) is -0.0947. The van der Waals surface area contributed by atoms with Crippen molar-refractivity contribution in [2.24, 2.45) is 0 Å². The number of hydrogen-bond acceptors (Lipinski definition) is 2. The van der Waals surface area contributed by atoms with Crippen molar-refractivity contribution in [3.63, 3.8) is 0 Å². The largest absolute Gasteiger partial charge is 0.494 e. The number of carbonyl (C=O) groups is 1. The molecule has 1 aliphatic carbocycles. The van der Waals surface area contributed by atoms with Gasteiger partial charge in [0.05, 0.1) is 7.11 Å². The molecule has 0 N–H and O–H groups in total. The van der Waals surface area contributed by atoms with E-state index in [-0.39, 0.29) is 18.0 Å². The Morgan fingerprint density at radius 3 is 2.83 bits per heavy atom. The molecule has 2 nitrogen and oxygen atoms in total. The maximum absolute atomic E-state index is 13.5. The Labute approximate surface area is 106 Å². The molecule has 0 radical (unpaired) electrons. The van der Waals surface area contributed by atoms with Gasteiger partial charge in [0.1, 0.15) is 0 Å². The molecule has 0 atom stereocenters. The zero-order valence-corrected chi connectivity index (χ0v) is 10.5. The summed E-state index contributed by atoms with van der Waals surface area (Å²) in [6, 6.07) is 4.68. The van der Waals surface area contributed by atoms with Gasteiger partial charge in [-0.05, 0) is 49.0 Å². The van der Waals surface area contributed by atoms with E-state index in [1.165, 1.54) is 13.2 Å². The normalized spacial score (nSPS) is 15.1. The lowest BCUT2D eigenvalue weighted by Crippen LogP contribution is -2.09. The fourth-order valence-corrected chi connectivity index (χ4v) is 2.21. The number of benzene rings is 1. The first-order valence-corrected chi connectivity index (χ1v) is 6.25. The molecule has 1 aromatic carbocycles. The smallest absolute Gasteiger partial charge is 0.165 e. The number of ether oxygens (including phenoxy) is 1. The van der Waals surface area contributed by atoms with E-state index in [9.17, 15) is 9.18 Å². The van der Waals surface area contributed by atoms with Crippen LogP contribution in [0.1, 0.15) is 31.2 Å². The van der Waals surface area contributed by atoms with E-state index in [0.717, 1.165) is 31.3 Å². The van der Waals surface area contributed by atoms with Crippen LogP contribution in [0, 0.1) is 5.82 Å². The Hall–Kier alpha value is -1.64. The minimum Gasteiger partial charge on any atom is -0.494 e. The topological polar surface area (TPSA) is 26.3 Å². The van der Waals surface area contributed by atoms with Crippen LogP contribution >= 0.6 is 0 Å². The maximum atomic E-state index is 13.5. The molecular formula is C15H17FO2. The highest BCUT2D eigenvalue weighted by Crippen LogP contribution is 2.22. The summed E-state index contributed by atoms with van der Waals surface area (Å²) >= 11 is 0. The van der Waals surface area contributed by atoms with Crippen LogP contribution in [0.15, 0.2) is 29.8 Å². The van der Waals surface area contributed by atoms with Gasteiger partial charge in [-0.2, -0.15) is 0 Å². The molecule has 0 saturated heterocycles. The monoisotopic (exact) mass is 248 g/mol. The van der Waals surface area contributed by atoms with E-state index in [1.807, 2.05) is 6.08 Å². The highest BCUT2D eigenvalue weighted by molar-refractivity contribution is 5.96. The van der Waals surface area contributed by atoms with Gasteiger partial charge in [-0.3, -0.25) is 4.79 Å². The predicted octanol–water partition coefficient (Wildman–Crippen LogP) is 3.45. The van der Waals surface area contributed by atoms with Crippen molar-refractivity contribution in [1.82, 2.24) is 0 Å². The lowest BCUT2D eigenvalue weighted by Gasteiger charge is -2.11. The molecule has 0 fully saturated rings. The molecular weight excluding hydrogens is 231 g/mol. The second-order valence-electron chi connectivity index (χ2n) is 4.54. The van der Waals surface area contributed by atoms with Crippen LogP contribution in [0.3, 0.4) is 0 Å². The Bertz CT molecular complexity index is 477. The summed E-state index contributed by atoms with van der Waals surface area (Å²) in [5.41, 5.74) is 1.60. The van der Waals surface area contributed by atoms with Crippen LogP contribution in [-0.4, -0.2) is 12.9 Å². The third-order valence-corrected chi connectivity index (χ3v) is 3.23. The minimum atomic E-state index is -0.416. The standard InChI is InChI=1S/C15H17FO2/c1-18-15-8-7-11(9-13(15)16)10-14(17)12-5-3-2-4-6-12/h5,7-9H,2-4,6,10H2,1H3. The van der Waals surface area contributed by atoms with E-state index in [0.29, 0.717) is 5.56 Å². The van der Waals surface area contributed by atoms with Crippen molar-refractivity contribution in [1.29, 1.82) is 0 Å². The number of allylic oxidation sites excluding steroid dienone is 2. The first kappa shape index (κ1) is 12.8. The number of methoxy groups -OCH3 is 1. The quantitative estimate of drug-likeness (QED) is 0.815. The van der Waals surface area contributed by atoms with Crippen molar-refractivity contribution >= 4 is 5.78 Å². The summed E-state index contributed by atoms with van der Waals surface area (Å²) in [7, 11) is 1.43. The fraction of sp³-hybridized carbons (Fsp3) is 0.400. The first-order chi connectivity index (χ1) is 8.70. The van der Waals surface area contributed by atoms with Crippen LogP contribution in [0.4, 0.5) is 4.39 Å². The minimum absolute atomic E-state index is 0.110. The second-order valence-corrected chi connectivity index (χ2v) is 4.54. The highest BCUT2D eigenvalue weighted by Gasteiger charge is 2.13. The van der Waals surface area contributed by atoms with Crippen LogP contribution in [0.25, 0.3) is 0 Å². The molecule has 0 spiro atoms. The molecule has 1 aromatic rings. The average Bonchev–Trinajstić information content (AvgIpc) is 2.40. The van der Waals surface area contributed by atoms with E-state index in [2.05, 4.69) is 0 Å². The number of halogens is 1. The summed E-state index contributed by atoms with van der Waals surface area (Å²) in [5, 5.41) is 0. The van der Waals surface area contributed by atoms with Gasteiger partial charge in [-0.1, -0.05) is 12.1 Å². The highest BCUT2D eigenvalue weighted by atomic mass is 19.1. The summed E-state index contributed by atoms with van der Waals surface area (Å²) in [6.07, 6.45) is 6.37. The molecule has 0 amide bonds. The summed E-state index contributed by atoms with van der Waals surface area (Å²) in [6.45, 7) is 0. The number of carbonyl (C=O) groups excluding carboxylic acids is 1. The lowest BCUT2D eigenvalue weighted by atomic mass is 9.93. The summed E-state index contributed by atoms with van der Waals surface area (Å²) < 4.78 is 18.3. The number of ketones is 1. The molecule has 0 aromatic heterocycles. The summed E-state index contributed by atoms with van der Waals surface area (Å²) in [4.78, 5) is 12.0. The van der Waals surface area contributed by atoms with Crippen molar-refractivity contribution in [3.05, 3.63) is 41.2 Å². The Kier molecular flexibility index (Phi) is 4.13. The third-order valence-electron chi connectivity index (χ3n) is 3.23. The van der Waals surface area contributed by atoms with Gasteiger partial charge >= 0.3 is 0 Å². The molecule has 0 aliphatic heterocycles. The fourth-order valence-electron chi connectivity index (χ4n) is 2.21. The van der Waals surface area contributed by atoms with E-state index < -0.39 is 5.82 Å². The van der Waals surface area contributed by atoms with Gasteiger partial charge in [-0.25, -0.2) is 4.39 Å². The molecule has 96 valence electrons. The molecule has 18 heavy (non-hydrogen) atoms. The van der Waals surface area contributed by atoms with E-state index in [4.69, 9.17) is 4.74 Å². The lowest BCUT2D eigenvalue weighted by molar-refractivity contribution is -0.115. The van der Waals surface area contributed by atoms with Gasteiger partial charge in [0, 0.05) is 6.42 Å².